The van der Waals surface area contributed by atoms with E-state index in [1.807, 2.05) is 0 Å². The first-order valence-corrected chi connectivity index (χ1v) is 14.4. The van der Waals surface area contributed by atoms with Gasteiger partial charge in [0, 0.05) is 26.9 Å². The standard InChI is InChI=1S/C34H30BrN/c35-26-11-13-30-31-14-12-29(36(27-7-3-1-4-8-27)28-9-5-2-6-10-28)21-33(31)34(32(30)20-26)24-16-22-15-23(18-24)19-25(34)17-22/h1-14,20-25H,15-19H2. The van der Waals surface area contributed by atoms with Crippen LogP contribution in [0.15, 0.2) is 102 Å². The maximum atomic E-state index is 3.85. The van der Waals surface area contributed by atoms with E-state index >= 15 is 0 Å². The van der Waals surface area contributed by atoms with Crippen molar-refractivity contribution in [1.82, 2.24) is 0 Å². The smallest absolute Gasteiger partial charge is 0.0465 e. The van der Waals surface area contributed by atoms with Crippen molar-refractivity contribution in [3.63, 3.8) is 0 Å². The Kier molecular flexibility index (Phi) is 4.62. The maximum Gasteiger partial charge on any atom is 0.0465 e. The van der Waals surface area contributed by atoms with E-state index in [1.54, 1.807) is 11.1 Å². The van der Waals surface area contributed by atoms with Gasteiger partial charge < -0.3 is 4.90 Å². The molecule has 0 aliphatic heterocycles. The van der Waals surface area contributed by atoms with Crippen LogP contribution in [0.1, 0.15) is 43.2 Å². The second-order valence-electron chi connectivity index (χ2n) is 11.6. The maximum absolute atomic E-state index is 3.85. The third-order valence-corrected chi connectivity index (χ3v) is 10.4. The molecule has 4 fully saturated rings. The lowest BCUT2D eigenvalue weighted by Gasteiger charge is -2.61. The van der Waals surface area contributed by atoms with Crippen LogP contribution in [0.2, 0.25) is 0 Å². The van der Waals surface area contributed by atoms with Crippen molar-refractivity contribution >= 4 is 33.0 Å². The minimum absolute atomic E-state index is 0.164. The van der Waals surface area contributed by atoms with Crippen LogP contribution in [0.4, 0.5) is 17.1 Å². The number of rotatable bonds is 3. The lowest BCUT2D eigenvalue weighted by molar-refractivity contribution is -0.0399. The van der Waals surface area contributed by atoms with E-state index in [-0.39, 0.29) is 5.41 Å². The van der Waals surface area contributed by atoms with Crippen LogP contribution in [0.3, 0.4) is 0 Å². The van der Waals surface area contributed by atoms with Gasteiger partial charge in [-0.2, -0.15) is 0 Å². The highest BCUT2D eigenvalue weighted by Crippen LogP contribution is 2.69. The van der Waals surface area contributed by atoms with E-state index < -0.39 is 0 Å². The number of benzene rings is 4. The molecule has 4 aromatic rings. The summed E-state index contributed by atoms with van der Waals surface area (Å²) in [6.45, 7) is 0. The van der Waals surface area contributed by atoms with Crippen LogP contribution in [-0.4, -0.2) is 0 Å². The Morgan fingerprint density at radius 3 is 1.67 bits per heavy atom. The van der Waals surface area contributed by atoms with E-state index in [0.717, 1.165) is 23.7 Å². The fourth-order valence-corrected chi connectivity index (χ4v) is 9.26. The Bertz CT molecular complexity index is 1390. The molecular weight excluding hydrogens is 502 g/mol. The average molecular weight is 533 g/mol. The molecule has 0 heterocycles. The topological polar surface area (TPSA) is 3.24 Å². The summed E-state index contributed by atoms with van der Waals surface area (Å²) in [5, 5.41) is 0. The molecule has 0 amide bonds. The summed E-state index contributed by atoms with van der Waals surface area (Å²) in [6, 6.07) is 36.1. The lowest BCUT2D eigenvalue weighted by atomic mass is 9.43. The molecule has 36 heavy (non-hydrogen) atoms. The second kappa shape index (κ2) is 7.83. The largest absolute Gasteiger partial charge is 0.310 e. The molecule has 1 nitrogen and oxygen atoms in total. The van der Waals surface area contributed by atoms with Gasteiger partial charge in [-0.05, 0) is 127 Å². The Morgan fingerprint density at radius 1 is 0.556 bits per heavy atom. The number of para-hydroxylation sites is 2. The average Bonchev–Trinajstić information content (AvgIpc) is 3.18. The van der Waals surface area contributed by atoms with Gasteiger partial charge in [0.2, 0.25) is 0 Å². The molecule has 0 saturated heterocycles. The third kappa shape index (κ3) is 2.88. The van der Waals surface area contributed by atoms with Gasteiger partial charge in [-0.15, -0.1) is 0 Å². The van der Waals surface area contributed by atoms with Crippen LogP contribution < -0.4 is 4.90 Å². The van der Waals surface area contributed by atoms with E-state index in [9.17, 15) is 0 Å². The normalized spacial score (nSPS) is 28.8. The highest BCUT2D eigenvalue weighted by Gasteiger charge is 2.61. The molecule has 0 unspecified atom stereocenters. The Hall–Kier alpha value is -2.84. The van der Waals surface area contributed by atoms with Crippen molar-refractivity contribution in [1.29, 1.82) is 0 Å². The number of halogens is 1. The van der Waals surface area contributed by atoms with Gasteiger partial charge in [0.25, 0.3) is 0 Å². The highest BCUT2D eigenvalue weighted by molar-refractivity contribution is 9.10. The zero-order valence-electron chi connectivity index (χ0n) is 20.4. The van der Waals surface area contributed by atoms with E-state index in [1.165, 1.54) is 64.8 Å². The van der Waals surface area contributed by atoms with Crippen molar-refractivity contribution in [2.75, 3.05) is 4.90 Å². The number of hydrogen-bond acceptors (Lipinski definition) is 1. The zero-order chi connectivity index (χ0) is 23.9. The SMILES string of the molecule is Brc1ccc2c(c1)C1(c3cc(N(c4ccccc4)c4ccccc4)ccc3-2)C2CC3CC(C2)CC1C3. The van der Waals surface area contributed by atoms with E-state index in [4.69, 9.17) is 0 Å². The van der Waals surface area contributed by atoms with Gasteiger partial charge in [0.05, 0.1) is 0 Å². The predicted molar refractivity (Wildman–Crippen MR) is 152 cm³/mol. The number of fused-ring (bicyclic) bond motifs is 3. The first-order chi connectivity index (χ1) is 17.7. The van der Waals surface area contributed by atoms with Gasteiger partial charge in [-0.1, -0.05) is 64.5 Å². The molecule has 4 bridgehead atoms. The molecule has 178 valence electrons. The predicted octanol–water partition coefficient (Wildman–Crippen LogP) is 9.64. The minimum Gasteiger partial charge on any atom is -0.310 e. The molecule has 2 heteroatoms. The summed E-state index contributed by atoms with van der Waals surface area (Å²) in [6.07, 6.45) is 7.11. The molecule has 0 radical (unpaired) electrons. The fourth-order valence-electron chi connectivity index (χ4n) is 8.90. The highest BCUT2D eigenvalue weighted by atomic mass is 79.9. The quantitative estimate of drug-likeness (QED) is 0.254. The van der Waals surface area contributed by atoms with E-state index in [0.29, 0.717) is 0 Å². The summed E-state index contributed by atoms with van der Waals surface area (Å²) in [5.41, 5.74) is 9.99. The molecule has 9 rings (SSSR count). The van der Waals surface area contributed by atoms with Crippen molar-refractivity contribution in [2.45, 2.75) is 37.5 Å². The van der Waals surface area contributed by atoms with Crippen molar-refractivity contribution < 1.29 is 0 Å². The first-order valence-electron chi connectivity index (χ1n) is 13.6. The minimum atomic E-state index is 0.164. The van der Waals surface area contributed by atoms with Crippen LogP contribution >= 0.6 is 15.9 Å². The molecular formula is C34H30BrN. The molecule has 0 atom stereocenters. The summed E-state index contributed by atoms with van der Waals surface area (Å²) in [7, 11) is 0. The number of nitrogens with zero attached hydrogens (tertiary/aromatic N) is 1. The second-order valence-corrected chi connectivity index (χ2v) is 12.5. The Labute approximate surface area is 222 Å². The van der Waals surface area contributed by atoms with Gasteiger partial charge in [-0.25, -0.2) is 0 Å². The molecule has 4 saturated carbocycles. The molecule has 1 spiro atoms. The fraction of sp³-hybridized carbons (Fsp3) is 0.294. The Balaban J connectivity index is 1.37. The van der Waals surface area contributed by atoms with Crippen LogP contribution in [0, 0.1) is 23.7 Å². The van der Waals surface area contributed by atoms with Gasteiger partial charge in [0.15, 0.2) is 0 Å². The van der Waals surface area contributed by atoms with Crippen LogP contribution in [0.25, 0.3) is 11.1 Å². The summed E-state index contributed by atoms with van der Waals surface area (Å²) >= 11 is 3.85. The molecule has 5 aliphatic carbocycles. The van der Waals surface area contributed by atoms with Crippen LogP contribution in [0.5, 0.6) is 0 Å². The van der Waals surface area contributed by atoms with Gasteiger partial charge in [0.1, 0.15) is 0 Å². The number of hydrogen-bond donors (Lipinski definition) is 0. The summed E-state index contributed by atoms with van der Waals surface area (Å²) in [5.74, 6) is 3.43. The Morgan fingerprint density at radius 2 is 1.08 bits per heavy atom. The molecule has 4 aromatic carbocycles. The molecule has 0 aromatic heterocycles. The van der Waals surface area contributed by atoms with E-state index in [2.05, 4.69) is 118 Å². The first kappa shape index (κ1) is 21.3. The lowest BCUT2D eigenvalue weighted by Crippen LogP contribution is -2.55. The molecule has 5 aliphatic rings. The molecule has 0 N–H and O–H groups in total. The third-order valence-electron chi connectivity index (χ3n) is 9.88. The van der Waals surface area contributed by atoms with Gasteiger partial charge >= 0.3 is 0 Å². The van der Waals surface area contributed by atoms with Gasteiger partial charge in [-0.3, -0.25) is 0 Å². The van der Waals surface area contributed by atoms with Crippen molar-refractivity contribution in [3.05, 3.63) is 113 Å². The van der Waals surface area contributed by atoms with Crippen LogP contribution in [-0.2, 0) is 5.41 Å². The summed E-state index contributed by atoms with van der Waals surface area (Å²) < 4.78 is 1.22. The monoisotopic (exact) mass is 531 g/mol. The summed E-state index contributed by atoms with van der Waals surface area (Å²) in [4.78, 5) is 2.43. The van der Waals surface area contributed by atoms with Crippen molar-refractivity contribution in [3.8, 4) is 11.1 Å². The zero-order valence-corrected chi connectivity index (χ0v) is 22.0. The number of anilines is 3. The van der Waals surface area contributed by atoms with Crippen molar-refractivity contribution in [2.24, 2.45) is 23.7 Å².